The molecule has 1 aliphatic carbocycles. The van der Waals surface area contributed by atoms with Gasteiger partial charge in [-0.3, -0.25) is 0 Å². The molecular weight excluding hydrogens is 188 g/mol. The first kappa shape index (κ1) is 12.1. The molecule has 82 valence electrons. The van der Waals surface area contributed by atoms with Crippen LogP contribution in [0.3, 0.4) is 0 Å². The Morgan fingerprint density at radius 2 is 1.87 bits per heavy atom. The van der Waals surface area contributed by atoms with Gasteiger partial charge in [-0.25, -0.2) is 0 Å². The van der Waals surface area contributed by atoms with Crippen molar-refractivity contribution >= 4 is 0 Å². The number of rotatable bonds is 1. The second-order valence-electron chi connectivity index (χ2n) is 5.24. The fourth-order valence-electron chi connectivity index (χ4n) is 1.49. The van der Waals surface area contributed by atoms with Crippen molar-refractivity contribution in [1.82, 2.24) is 0 Å². The van der Waals surface area contributed by atoms with Gasteiger partial charge in [-0.2, -0.15) is 0 Å². The summed E-state index contributed by atoms with van der Waals surface area (Å²) < 4.78 is 0. The highest BCUT2D eigenvalue weighted by atomic mass is 16.3. The molecule has 0 radical (unpaired) electrons. The monoisotopic (exact) mass is 206 g/mol. The van der Waals surface area contributed by atoms with Crippen LogP contribution in [0, 0.1) is 35.0 Å². The van der Waals surface area contributed by atoms with E-state index in [-0.39, 0.29) is 17.9 Å². The van der Waals surface area contributed by atoms with Crippen LogP contribution >= 0.6 is 0 Å². The van der Waals surface area contributed by atoms with Crippen LogP contribution in [-0.4, -0.2) is 22.4 Å². The minimum absolute atomic E-state index is 0.0510. The summed E-state index contributed by atoms with van der Waals surface area (Å²) in [5.74, 6) is 11.4. The van der Waals surface area contributed by atoms with Crippen LogP contribution < -0.4 is 0 Å². The molecule has 0 saturated heterocycles. The standard InChI is InChI=1S/C13H18O2/c1-12(2,3)6-4-5-7-13(15)8-11(9-13)10-14/h11,14-15H,8-10H2,1-3H3. The Morgan fingerprint density at radius 3 is 2.33 bits per heavy atom. The predicted molar refractivity (Wildman–Crippen MR) is 59.8 cm³/mol. The maximum atomic E-state index is 9.79. The lowest BCUT2D eigenvalue weighted by Crippen LogP contribution is -2.43. The third kappa shape index (κ3) is 3.96. The molecule has 0 amide bonds. The lowest BCUT2D eigenvalue weighted by molar-refractivity contribution is -0.0409. The molecule has 0 aromatic heterocycles. The summed E-state index contributed by atoms with van der Waals surface area (Å²) >= 11 is 0. The smallest absolute Gasteiger partial charge is 0.127 e. The van der Waals surface area contributed by atoms with Gasteiger partial charge in [0.2, 0.25) is 0 Å². The maximum Gasteiger partial charge on any atom is 0.127 e. The van der Waals surface area contributed by atoms with Crippen LogP contribution in [-0.2, 0) is 0 Å². The molecule has 0 bridgehead atoms. The number of hydrogen-bond acceptors (Lipinski definition) is 2. The third-order valence-electron chi connectivity index (χ3n) is 2.31. The van der Waals surface area contributed by atoms with Crippen LogP contribution in [0.4, 0.5) is 0 Å². The Morgan fingerprint density at radius 1 is 1.27 bits per heavy atom. The van der Waals surface area contributed by atoms with Crippen molar-refractivity contribution in [1.29, 1.82) is 0 Å². The summed E-state index contributed by atoms with van der Waals surface area (Å²) in [6.07, 6.45) is 1.13. The Hall–Kier alpha value is -0.960. The molecule has 0 aromatic carbocycles. The summed E-state index contributed by atoms with van der Waals surface area (Å²) in [4.78, 5) is 0. The van der Waals surface area contributed by atoms with Crippen LogP contribution in [0.2, 0.25) is 0 Å². The van der Waals surface area contributed by atoms with Crippen molar-refractivity contribution in [2.24, 2.45) is 11.3 Å². The fourth-order valence-corrected chi connectivity index (χ4v) is 1.49. The minimum Gasteiger partial charge on any atom is -0.396 e. The zero-order valence-electron chi connectivity index (χ0n) is 9.59. The van der Waals surface area contributed by atoms with E-state index in [0.29, 0.717) is 12.8 Å². The van der Waals surface area contributed by atoms with E-state index in [4.69, 9.17) is 5.11 Å². The first-order valence-corrected chi connectivity index (χ1v) is 5.22. The number of aliphatic hydroxyl groups excluding tert-OH is 1. The molecule has 15 heavy (non-hydrogen) atoms. The maximum absolute atomic E-state index is 9.79. The predicted octanol–water partition coefficient (Wildman–Crippen LogP) is 1.17. The van der Waals surface area contributed by atoms with E-state index in [0.717, 1.165) is 0 Å². The minimum atomic E-state index is -0.903. The van der Waals surface area contributed by atoms with Gasteiger partial charge in [0.15, 0.2) is 0 Å². The van der Waals surface area contributed by atoms with Gasteiger partial charge in [0.05, 0.1) is 0 Å². The average molecular weight is 206 g/mol. The van der Waals surface area contributed by atoms with E-state index in [1.54, 1.807) is 0 Å². The molecule has 2 nitrogen and oxygen atoms in total. The summed E-state index contributed by atoms with van der Waals surface area (Å²) in [6, 6.07) is 0. The van der Waals surface area contributed by atoms with E-state index >= 15 is 0 Å². The molecule has 0 unspecified atom stereocenters. The Labute approximate surface area is 91.7 Å². The van der Waals surface area contributed by atoms with E-state index in [9.17, 15) is 5.11 Å². The first-order valence-electron chi connectivity index (χ1n) is 5.22. The molecule has 0 spiro atoms. The molecular formula is C13H18O2. The Balaban J connectivity index is 2.49. The van der Waals surface area contributed by atoms with Crippen molar-refractivity contribution in [3.63, 3.8) is 0 Å². The highest BCUT2D eigenvalue weighted by molar-refractivity contribution is 5.32. The fraction of sp³-hybridized carbons (Fsp3) is 0.692. The summed E-state index contributed by atoms with van der Waals surface area (Å²) in [6.45, 7) is 6.18. The number of hydrogen-bond donors (Lipinski definition) is 2. The van der Waals surface area contributed by atoms with E-state index < -0.39 is 5.60 Å². The lowest BCUT2D eigenvalue weighted by Gasteiger charge is -2.38. The summed E-state index contributed by atoms with van der Waals surface area (Å²) in [7, 11) is 0. The second kappa shape index (κ2) is 4.27. The quantitative estimate of drug-likeness (QED) is 0.632. The zero-order chi connectivity index (χ0) is 11.5. The van der Waals surface area contributed by atoms with Gasteiger partial charge in [-0.05, 0) is 51.4 Å². The molecule has 0 aromatic rings. The molecule has 1 aliphatic rings. The van der Waals surface area contributed by atoms with Crippen molar-refractivity contribution in [3.8, 4) is 23.7 Å². The van der Waals surface area contributed by atoms with Gasteiger partial charge in [-0.1, -0.05) is 11.8 Å². The van der Waals surface area contributed by atoms with Gasteiger partial charge in [0.1, 0.15) is 5.60 Å². The molecule has 2 heteroatoms. The Bertz CT molecular complexity index is 335. The normalized spacial score (nSPS) is 29.3. The number of aliphatic hydroxyl groups is 2. The lowest BCUT2D eigenvalue weighted by atomic mass is 9.72. The molecule has 0 heterocycles. The van der Waals surface area contributed by atoms with Crippen LogP contribution in [0.25, 0.3) is 0 Å². The first-order chi connectivity index (χ1) is 6.85. The zero-order valence-corrected chi connectivity index (χ0v) is 9.59. The van der Waals surface area contributed by atoms with Gasteiger partial charge in [-0.15, -0.1) is 0 Å². The van der Waals surface area contributed by atoms with Crippen molar-refractivity contribution in [3.05, 3.63) is 0 Å². The summed E-state index contributed by atoms with van der Waals surface area (Å²) in [5, 5.41) is 18.6. The summed E-state index contributed by atoms with van der Waals surface area (Å²) in [5.41, 5.74) is -0.954. The molecule has 1 fully saturated rings. The molecule has 1 rings (SSSR count). The van der Waals surface area contributed by atoms with Crippen molar-refractivity contribution in [2.45, 2.75) is 39.2 Å². The van der Waals surface area contributed by atoms with Crippen LogP contribution in [0.1, 0.15) is 33.6 Å². The van der Waals surface area contributed by atoms with Gasteiger partial charge in [0, 0.05) is 12.0 Å². The molecule has 0 aliphatic heterocycles. The van der Waals surface area contributed by atoms with Crippen LogP contribution in [0.5, 0.6) is 0 Å². The molecule has 0 atom stereocenters. The van der Waals surface area contributed by atoms with E-state index in [2.05, 4.69) is 23.7 Å². The second-order valence-corrected chi connectivity index (χ2v) is 5.24. The highest BCUT2D eigenvalue weighted by Crippen LogP contribution is 2.36. The van der Waals surface area contributed by atoms with E-state index in [1.165, 1.54) is 0 Å². The van der Waals surface area contributed by atoms with Gasteiger partial charge >= 0.3 is 0 Å². The molecule has 2 N–H and O–H groups in total. The van der Waals surface area contributed by atoms with Gasteiger partial charge in [0.25, 0.3) is 0 Å². The largest absolute Gasteiger partial charge is 0.396 e. The third-order valence-corrected chi connectivity index (χ3v) is 2.31. The van der Waals surface area contributed by atoms with E-state index in [1.807, 2.05) is 20.8 Å². The SMILES string of the molecule is CC(C)(C)C#CC#CC1(O)CC(CO)C1. The topological polar surface area (TPSA) is 40.5 Å². The molecule has 1 saturated carbocycles. The average Bonchev–Trinajstić information content (AvgIpc) is 2.06. The van der Waals surface area contributed by atoms with Gasteiger partial charge < -0.3 is 10.2 Å². The van der Waals surface area contributed by atoms with Crippen molar-refractivity contribution in [2.75, 3.05) is 6.61 Å². The highest BCUT2D eigenvalue weighted by Gasteiger charge is 2.40. The van der Waals surface area contributed by atoms with Crippen molar-refractivity contribution < 1.29 is 10.2 Å². The van der Waals surface area contributed by atoms with Crippen LogP contribution in [0.15, 0.2) is 0 Å². The Kier molecular flexibility index (Phi) is 3.45.